The summed E-state index contributed by atoms with van der Waals surface area (Å²) in [6.45, 7) is 1.10. The molecule has 27 heavy (non-hydrogen) atoms. The van der Waals surface area contributed by atoms with E-state index in [1.807, 2.05) is 0 Å². The van der Waals surface area contributed by atoms with E-state index < -0.39 is 35.0 Å². The van der Waals surface area contributed by atoms with Crippen LogP contribution < -0.4 is 5.32 Å². The van der Waals surface area contributed by atoms with E-state index in [0.29, 0.717) is 5.56 Å². The maximum atomic E-state index is 14.6. The average molecular weight is 378 g/mol. The van der Waals surface area contributed by atoms with E-state index in [9.17, 15) is 22.8 Å². The molecule has 1 fully saturated rings. The van der Waals surface area contributed by atoms with Crippen LogP contribution in [0.3, 0.4) is 0 Å². The van der Waals surface area contributed by atoms with Gasteiger partial charge in [-0.05, 0) is 25.0 Å². The van der Waals surface area contributed by atoms with Crippen molar-refractivity contribution in [2.24, 2.45) is 0 Å². The maximum absolute atomic E-state index is 14.6. The highest BCUT2D eigenvalue weighted by Gasteiger charge is 2.62. The number of carbonyl (C=O) groups excluding carboxylic acids is 2. The van der Waals surface area contributed by atoms with Crippen molar-refractivity contribution in [3.05, 3.63) is 52.9 Å². The van der Waals surface area contributed by atoms with Crippen LogP contribution in [0.25, 0.3) is 0 Å². The molecule has 4 rings (SSSR count). The summed E-state index contributed by atoms with van der Waals surface area (Å²) in [5, 5.41) is 2.35. The number of anilines is 1. The molecular formula is C18H17F3N4O2. The lowest BCUT2D eigenvalue weighted by molar-refractivity contribution is -0.117. The quantitative estimate of drug-likeness (QED) is 0.890. The molecule has 2 aliphatic rings. The molecule has 1 aromatic carbocycles. The minimum absolute atomic E-state index is 0. The van der Waals surface area contributed by atoms with E-state index in [1.165, 1.54) is 17.0 Å². The molecule has 1 N–H and O–H groups in total. The summed E-state index contributed by atoms with van der Waals surface area (Å²) in [5.74, 6) is -2.49. The van der Waals surface area contributed by atoms with Gasteiger partial charge in [0.05, 0.1) is 17.8 Å². The Labute approximate surface area is 153 Å². The molecule has 0 radical (unpaired) electrons. The Morgan fingerprint density at radius 1 is 1.37 bits per heavy atom. The molecule has 2 heterocycles. The van der Waals surface area contributed by atoms with Crippen molar-refractivity contribution < 1.29 is 24.2 Å². The summed E-state index contributed by atoms with van der Waals surface area (Å²) in [6, 6.07) is 2.93. The van der Waals surface area contributed by atoms with Gasteiger partial charge in [-0.3, -0.25) is 14.9 Å². The van der Waals surface area contributed by atoms with Crippen LogP contribution in [0.15, 0.2) is 24.5 Å². The normalized spacial score (nSPS) is 23.3. The third-order valence-electron chi connectivity index (χ3n) is 5.01. The molecule has 2 atom stereocenters. The van der Waals surface area contributed by atoms with Gasteiger partial charge in [-0.1, -0.05) is 6.07 Å². The van der Waals surface area contributed by atoms with Crippen molar-refractivity contribution in [3.8, 4) is 0 Å². The fourth-order valence-electron chi connectivity index (χ4n) is 3.53. The topological polar surface area (TPSA) is 75.2 Å². The van der Waals surface area contributed by atoms with Crippen molar-refractivity contribution in [1.29, 1.82) is 0 Å². The number of hydrogen-bond acceptors (Lipinski definition) is 4. The third kappa shape index (κ3) is 2.83. The van der Waals surface area contributed by atoms with Crippen molar-refractivity contribution >= 4 is 17.8 Å². The number of benzene rings is 1. The smallest absolute Gasteiger partial charge is 0.254 e. The van der Waals surface area contributed by atoms with Crippen molar-refractivity contribution in [1.82, 2.24) is 14.9 Å². The molecule has 2 aromatic rings. The van der Waals surface area contributed by atoms with Gasteiger partial charge in [0.25, 0.3) is 5.91 Å². The van der Waals surface area contributed by atoms with Gasteiger partial charge in [-0.25, -0.2) is 23.1 Å². The lowest BCUT2D eigenvalue weighted by Crippen LogP contribution is -2.48. The third-order valence-corrected chi connectivity index (χ3v) is 5.01. The van der Waals surface area contributed by atoms with Gasteiger partial charge in [-0.2, -0.15) is 0 Å². The molecule has 1 aliphatic carbocycles. The molecule has 6 nitrogen and oxygen atoms in total. The number of nitrogens with one attached hydrogen (secondary N) is 1. The summed E-state index contributed by atoms with van der Waals surface area (Å²) in [6.07, 6.45) is 0.616. The Morgan fingerprint density at radius 2 is 2.04 bits per heavy atom. The minimum atomic E-state index is -1.27. The standard InChI is InChI=1S/C18H15F3N4O2.H2/c1-9-2-3-11-14(15(9)21)18(4-12(18)20)8-25(16(11)27)7-13(26)24-17-22-5-10(19)6-23-17;/h2-3,5-6,12H,4,7-8H2,1H3,(H,22,23,24,26);1H/t12-,18+;/m0./s1. The SMILES string of the molecule is Cc1ccc2c(c1F)[C@]1(C[C@@H]1F)CN(CC(=O)Nc1ncc(F)cn1)C2=O.[HH]. The first kappa shape index (κ1) is 17.4. The van der Waals surface area contributed by atoms with E-state index in [2.05, 4.69) is 15.3 Å². The first-order valence-electron chi connectivity index (χ1n) is 8.32. The summed E-state index contributed by atoms with van der Waals surface area (Å²) >= 11 is 0. The number of fused-ring (bicyclic) bond motifs is 2. The first-order chi connectivity index (χ1) is 12.8. The minimum Gasteiger partial charge on any atom is -0.328 e. The number of aryl methyl sites for hydroxylation is 1. The number of aromatic nitrogens is 2. The van der Waals surface area contributed by atoms with Crippen LogP contribution >= 0.6 is 0 Å². The first-order valence-corrected chi connectivity index (χ1v) is 8.32. The van der Waals surface area contributed by atoms with E-state index in [1.54, 1.807) is 6.92 Å². The van der Waals surface area contributed by atoms with E-state index in [4.69, 9.17) is 0 Å². The van der Waals surface area contributed by atoms with Crippen LogP contribution in [0.2, 0.25) is 0 Å². The Balaban J connectivity index is 0.00000225. The Morgan fingerprint density at radius 3 is 2.67 bits per heavy atom. The molecular weight excluding hydrogens is 361 g/mol. The highest BCUT2D eigenvalue weighted by atomic mass is 19.1. The van der Waals surface area contributed by atoms with Crippen molar-refractivity contribution in [2.75, 3.05) is 18.4 Å². The van der Waals surface area contributed by atoms with Crippen LogP contribution in [0.1, 0.15) is 29.3 Å². The number of alkyl halides is 1. The zero-order valence-electron chi connectivity index (χ0n) is 14.3. The number of carbonyl (C=O) groups is 2. The molecule has 0 unspecified atom stereocenters. The van der Waals surface area contributed by atoms with Crippen LogP contribution in [0.4, 0.5) is 19.1 Å². The number of nitrogens with zero attached hydrogens (tertiary/aromatic N) is 3. The second-order valence-corrected chi connectivity index (χ2v) is 6.88. The van der Waals surface area contributed by atoms with E-state index >= 15 is 0 Å². The van der Waals surface area contributed by atoms with Gasteiger partial charge >= 0.3 is 0 Å². The van der Waals surface area contributed by atoms with Crippen molar-refractivity contribution in [2.45, 2.75) is 24.9 Å². The maximum Gasteiger partial charge on any atom is 0.254 e. The van der Waals surface area contributed by atoms with Gasteiger partial charge in [0.15, 0.2) is 5.82 Å². The largest absolute Gasteiger partial charge is 0.328 e. The molecule has 1 aliphatic heterocycles. The lowest BCUT2D eigenvalue weighted by atomic mass is 9.84. The molecule has 142 valence electrons. The second kappa shape index (κ2) is 6.04. The van der Waals surface area contributed by atoms with Crippen molar-refractivity contribution in [3.63, 3.8) is 0 Å². The van der Waals surface area contributed by atoms with Crippen LogP contribution in [-0.4, -0.2) is 45.9 Å². The summed E-state index contributed by atoms with van der Waals surface area (Å²) in [7, 11) is 0. The molecule has 0 saturated heterocycles. The van der Waals surface area contributed by atoms with Gasteiger partial charge in [0.1, 0.15) is 18.5 Å². The molecule has 1 saturated carbocycles. The van der Waals surface area contributed by atoms with E-state index in [0.717, 1.165) is 12.4 Å². The molecule has 0 bridgehead atoms. The number of rotatable bonds is 3. The molecule has 9 heteroatoms. The molecule has 2 amide bonds. The molecule has 1 spiro atoms. The second-order valence-electron chi connectivity index (χ2n) is 6.88. The predicted molar refractivity (Wildman–Crippen MR) is 91.0 cm³/mol. The highest BCUT2D eigenvalue weighted by Crippen LogP contribution is 2.55. The fraction of sp³-hybridized carbons (Fsp3) is 0.333. The monoisotopic (exact) mass is 378 g/mol. The number of amides is 2. The average Bonchev–Trinajstić information content (AvgIpc) is 3.26. The number of halogens is 3. The van der Waals surface area contributed by atoms with Gasteiger partial charge in [0.2, 0.25) is 11.9 Å². The Hall–Kier alpha value is -2.97. The Kier molecular flexibility index (Phi) is 3.90. The summed E-state index contributed by atoms with van der Waals surface area (Å²) in [5.41, 5.74) is -0.569. The summed E-state index contributed by atoms with van der Waals surface area (Å²) < 4.78 is 41.6. The fourth-order valence-corrected chi connectivity index (χ4v) is 3.53. The summed E-state index contributed by atoms with van der Waals surface area (Å²) in [4.78, 5) is 33.3. The lowest BCUT2D eigenvalue weighted by Gasteiger charge is -2.34. The zero-order valence-corrected chi connectivity index (χ0v) is 14.3. The van der Waals surface area contributed by atoms with Gasteiger partial charge in [0, 0.05) is 19.1 Å². The van der Waals surface area contributed by atoms with Gasteiger partial charge in [-0.15, -0.1) is 0 Å². The Bertz CT molecular complexity index is 957. The van der Waals surface area contributed by atoms with Crippen LogP contribution in [0.5, 0.6) is 0 Å². The van der Waals surface area contributed by atoms with Crippen LogP contribution in [0, 0.1) is 18.6 Å². The zero-order chi connectivity index (χ0) is 19.3. The van der Waals surface area contributed by atoms with E-state index in [-0.39, 0.29) is 38.0 Å². The van der Waals surface area contributed by atoms with Crippen LogP contribution in [-0.2, 0) is 10.2 Å². The van der Waals surface area contributed by atoms with Gasteiger partial charge < -0.3 is 4.90 Å². The highest BCUT2D eigenvalue weighted by molar-refractivity contribution is 6.01. The predicted octanol–water partition coefficient (Wildman–Crippen LogP) is 2.38. The number of hydrogen-bond donors (Lipinski definition) is 1. The molecule has 1 aromatic heterocycles.